The molecule has 0 saturated heterocycles. The van der Waals surface area contributed by atoms with Gasteiger partial charge in [0.25, 0.3) is 5.89 Å². The predicted octanol–water partition coefficient (Wildman–Crippen LogP) is 7.02. The van der Waals surface area contributed by atoms with Crippen LogP contribution in [0, 0.1) is 20.8 Å². The number of hydrogen-bond acceptors (Lipinski definition) is 4. The van der Waals surface area contributed by atoms with Crippen LogP contribution in [0.1, 0.15) is 41.1 Å². The lowest BCUT2D eigenvalue weighted by molar-refractivity contribution is 0.244. The van der Waals surface area contributed by atoms with E-state index in [1.165, 1.54) is 5.56 Å². The van der Waals surface area contributed by atoms with E-state index in [1.54, 1.807) is 17.0 Å². The van der Waals surface area contributed by atoms with Gasteiger partial charge in [-0.05, 0) is 74.2 Å². The third kappa shape index (κ3) is 4.33. The number of amides is 2. The van der Waals surface area contributed by atoms with Crippen molar-refractivity contribution in [2.45, 2.75) is 33.7 Å². The summed E-state index contributed by atoms with van der Waals surface area (Å²) in [4.78, 5) is 19.8. The molecule has 0 aliphatic carbocycles. The van der Waals surface area contributed by atoms with Crippen molar-refractivity contribution in [2.24, 2.45) is 0 Å². The number of urea groups is 1. The molecule has 1 aromatic heterocycles. The number of aromatic nitrogens is 2. The van der Waals surface area contributed by atoms with Crippen LogP contribution in [0.25, 0.3) is 17.0 Å². The molecule has 2 amide bonds. The summed E-state index contributed by atoms with van der Waals surface area (Å²) in [5, 5.41) is 7.97. The number of nitrogens with zero attached hydrogens (tertiary/aromatic N) is 3. The summed E-state index contributed by atoms with van der Waals surface area (Å²) in [7, 11) is 0. The molecule has 1 N–H and O–H groups in total. The van der Waals surface area contributed by atoms with Crippen molar-refractivity contribution in [1.29, 1.82) is 0 Å². The largest absolute Gasteiger partial charge is 0.334 e. The molecule has 1 unspecified atom stereocenters. The topological polar surface area (TPSA) is 71.3 Å². The number of anilines is 1. The Labute approximate surface area is 209 Å². The summed E-state index contributed by atoms with van der Waals surface area (Å²) < 4.78 is 5.78. The molecule has 4 aromatic rings. The summed E-state index contributed by atoms with van der Waals surface area (Å²) in [6, 6.07) is 20.6. The van der Waals surface area contributed by atoms with Gasteiger partial charge in [-0.3, -0.25) is 4.90 Å². The van der Waals surface area contributed by atoms with Crippen LogP contribution < -0.4 is 10.2 Å². The first-order valence-electron chi connectivity index (χ1n) is 11.4. The number of hydrogen-bond donors (Lipinski definition) is 1. The lowest BCUT2D eigenvalue weighted by Gasteiger charge is -2.35. The minimum absolute atomic E-state index is 0.213. The van der Waals surface area contributed by atoms with Crippen LogP contribution in [0.2, 0.25) is 5.02 Å². The van der Waals surface area contributed by atoms with Crippen molar-refractivity contribution in [3.63, 3.8) is 0 Å². The summed E-state index contributed by atoms with van der Waals surface area (Å²) in [5.41, 5.74) is 7.32. The number of carbonyl (C=O) groups excluding carboxylic acids is 1. The van der Waals surface area contributed by atoms with E-state index in [1.807, 2.05) is 56.3 Å². The second-order valence-electron chi connectivity index (χ2n) is 8.83. The van der Waals surface area contributed by atoms with Gasteiger partial charge in [-0.25, -0.2) is 4.79 Å². The van der Waals surface area contributed by atoms with Crippen molar-refractivity contribution < 1.29 is 9.32 Å². The number of aryl methyl sites for hydroxylation is 3. The van der Waals surface area contributed by atoms with Gasteiger partial charge in [-0.15, -0.1) is 0 Å². The van der Waals surface area contributed by atoms with E-state index >= 15 is 0 Å². The number of halogens is 1. The van der Waals surface area contributed by atoms with Crippen LogP contribution in [0.5, 0.6) is 0 Å². The average molecular weight is 485 g/mol. The highest BCUT2D eigenvalue weighted by atomic mass is 35.5. The molecule has 1 atom stereocenters. The van der Waals surface area contributed by atoms with Crippen LogP contribution in [0.4, 0.5) is 10.5 Å². The number of rotatable bonds is 4. The SMILES string of the molecule is CC1=C(c2nc(-c3cccc(Cl)c3)no2)C(c2ccc(C)c(C)c2)NC(=O)N1c1cccc(C)c1. The summed E-state index contributed by atoms with van der Waals surface area (Å²) in [5.74, 6) is 0.777. The molecule has 5 rings (SSSR count). The van der Waals surface area contributed by atoms with Gasteiger partial charge in [-0.2, -0.15) is 4.98 Å². The highest BCUT2D eigenvalue weighted by molar-refractivity contribution is 6.30. The standard InChI is InChI=1S/C28H25ClN4O2/c1-16-7-5-10-23(13-16)33-19(4)24(25(30-28(33)34)20-12-11-17(2)18(3)14-20)27-31-26(32-35-27)21-8-6-9-22(29)15-21/h5-15,25H,1-4H3,(H,30,34). The van der Waals surface area contributed by atoms with Crippen LogP contribution in [0.3, 0.4) is 0 Å². The summed E-state index contributed by atoms with van der Waals surface area (Å²) in [6.45, 7) is 8.03. The molecule has 0 radical (unpaired) electrons. The number of nitrogens with one attached hydrogen (secondary N) is 1. The van der Waals surface area contributed by atoms with Gasteiger partial charge in [0.15, 0.2) is 0 Å². The molecule has 2 heterocycles. The molecular formula is C28H25ClN4O2. The van der Waals surface area contributed by atoms with Crippen LogP contribution >= 0.6 is 11.6 Å². The number of benzene rings is 3. The highest BCUT2D eigenvalue weighted by Crippen LogP contribution is 2.39. The fourth-order valence-corrected chi connectivity index (χ4v) is 4.56. The van der Waals surface area contributed by atoms with E-state index in [2.05, 4.69) is 36.5 Å². The normalized spacial score (nSPS) is 16.0. The Balaban J connectivity index is 1.68. The third-order valence-electron chi connectivity index (χ3n) is 6.35. The molecule has 0 spiro atoms. The van der Waals surface area contributed by atoms with Gasteiger partial charge in [0.2, 0.25) is 5.82 Å². The Morgan fingerprint density at radius 2 is 1.74 bits per heavy atom. The predicted molar refractivity (Wildman–Crippen MR) is 138 cm³/mol. The van der Waals surface area contributed by atoms with Crippen molar-refractivity contribution in [1.82, 2.24) is 15.5 Å². The van der Waals surface area contributed by atoms with E-state index in [4.69, 9.17) is 21.1 Å². The highest BCUT2D eigenvalue weighted by Gasteiger charge is 2.36. The Hall–Kier alpha value is -3.90. The summed E-state index contributed by atoms with van der Waals surface area (Å²) >= 11 is 6.17. The first kappa shape index (κ1) is 22.9. The zero-order chi connectivity index (χ0) is 24.7. The quantitative estimate of drug-likeness (QED) is 0.338. The number of allylic oxidation sites excluding steroid dienone is 1. The maximum absolute atomic E-state index is 13.4. The fourth-order valence-electron chi connectivity index (χ4n) is 4.37. The molecule has 35 heavy (non-hydrogen) atoms. The van der Waals surface area contributed by atoms with Gasteiger partial charge in [0.05, 0.1) is 17.3 Å². The minimum atomic E-state index is -0.449. The minimum Gasteiger partial charge on any atom is -0.334 e. The third-order valence-corrected chi connectivity index (χ3v) is 6.58. The molecule has 0 saturated carbocycles. The van der Waals surface area contributed by atoms with Crippen molar-refractivity contribution >= 4 is 28.9 Å². The Morgan fingerprint density at radius 1 is 0.943 bits per heavy atom. The van der Waals surface area contributed by atoms with Crippen molar-refractivity contribution in [3.8, 4) is 11.4 Å². The zero-order valence-electron chi connectivity index (χ0n) is 20.0. The van der Waals surface area contributed by atoms with Gasteiger partial charge >= 0.3 is 6.03 Å². The van der Waals surface area contributed by atoms with Crippen LogP contribution in [0.15, 0.2) is 77.0 Å². The maximum atomic E-state index is 13.4. The first-order valence-corrected chi connectivity index (χ1v) is 11.7. The smallest absolute Gasteiger partial charge is 0.326 e. The van der Waals surface area contributed by atoms with Gasteiger partial charge in [0.1, 0.15) is 0 Å². The van der Waals surface area contributed by atoms with E-state index in [9.17, 15) is 4.79 Å². The molecule has 0 fully saturated rings. The van der Waals surface area contributed by atoms with Crippen molar-refractivity contribution in [3.05, 3.63) is 106 Å². The first-order chi connectivity index (χ1) is 16.8. The van der Waals surface area contributed by atoms with E-state index in [-0.39, 0.29) is 6.03 Å². The molecule has 176 valence electrons. The molecule has 3 aromatic carbocycles. The van der Waals surface area contributed by atoms with Crippen LogP contribution in [-0.2, 0) is 0 Å². The van der Waals surface area contributed by atoms with Gasteiger partial charge < -0.3 is 9.84 Å². The average Bonchev–Trinajstić information content (AvgIpc) is 3.30. The monoisotopic (exact) mass is 484 g/mol. The molecule has 0 bridgehead atoms. The fraction of sp³-hybridized carbons (Fsp3) is 0.179. The Morgan fingerprint density at radius 3 is 2.49 bits per heavy atom. The Bertz CT molecular complexity index is 1470. The van der Waals surface area contributed by atoms with E-state index in [0.29, 0.717) is 16.7 Å². The van der Waals surface area contributed by atoms with Gasteiger partial charge in [0, 0.05) is 16.3 Å². The molecule has 1 aliphatic heterocycles. The maximum Gasteiger partial charge on any atom is 0.326 e. The van der Waals surface area contributed by atoms with Crippen LogP contribution in [-0.4, -0.2) is 16.2 Å². The second kappa shape index (κ2) is 9.04. The number of carbonyl (C=O) groups is 1. The molecular weight excluding hydrogens is 460 g/mol. The molecule has 1 aliphatic rings. The zero-order valence-corrected chi connectivity index (χ0v) is 20.7. The molecule has 7 heteroatoms. The van der Waals surface area contributed by atoms with Crippen molar-refractivity contribution in [2.75, 3.05) is 4.90 Å². The lowest BCUT2D eigenvalue weighted by Crippen LogP contribution is -2.46. The second-order valence-corrected chi connectivity index (χ2v) is 9.27. The summed E-state index contributed by atoms with van der Waals surface area (Å²) in [6.07, 6.45) is 0. The van der Waals surface area contributed by atoms with E-state index < -0.39 is 6.04 Å². The Kier molecular flexibility index (Phi) is 5.91. The molecule has 6 nitrogen and oxygen atoms in total. The lowest BCUT2D eigenvalue weighted by atomic mass is 9.92. The van der Waals surface area contributed by atoms with E-state index in [0.717, 1.165) is 39.2 Å². The van der Waals surface area contributed by atoms with Gasteiger partial charge in [-0.1, -0.05) is 59.2 Å².